The predicted molar refractivity (Wildman–Crippen MR) is 99.0 cm³/mol. The highest BCUT2D eigenvalue weighted by molar-refractivity contribution is 7.89. The summed E-state index contributed by atoms with van der Waals surface area (Å²) in [5, 5.41) is 0. The van der Waals surface area contributed by atoms with Crippen LogP contribution < -0.4 is 0 Å². The predicted octanol–water partition coefficient (Wildman–Crippen LogP) is 3.23. The highest BCUT2D eigenvalue weighted by Crippen LogP contribution is 2.38. The van der Waals surface area contributed by atoms with Crippen LogP contribution in [0.15, 0.2) is 71.1 Å². The minimum atomic E-state index is -3.77. The van der Waals surface area contributed by atoms with E-state index in [1.54, 1.807) is 44.2 Å². The number of ether oxygens (including phenoxy) is 1. The van der Waals surface area contributed by atoms with E-state index in [1.807, 2.05) is 30.3 Å². The number of hydrogen-bond acceptors (Lipinski definition) is 4. The lowest BCUT2D eigenvalue weighted by Gasteiger charge is -2.27. The number of nitrogens with zero attached hydrogens (tertiary/aromatic N) is 1. The zero-order valence-corrected chi connectivity index (χ0v) is 15.6. The summed E-state index contributed by atoms with van der Waals surface area (Å²) in [6, 6.07) is 15.3. The quantitative estimate of drug-likeness (QED) is 0.757. The molecule has 0 aromatic heterocycles. The van der Waals surface area contributed by atoms with E-state index in [4.69, 9.17) is 4.74 Å². The summed E-state index contributed by atoms with van der Waals surface area (Å²) in [4.78, 5) is 12.6. The molecule has 5 nitrogen and oxygen atoms in total. The molecule has 0 radical (unpaired) electrons. The van der Waals surface area contributed by atoms with Crippen molar-refractivity contribution in [2.24, 2.45) is 0 Å². The summed E-state index contributed by atoms with van der Waals surface area (Å²) in [5.41, 5.74) is 1.76. The van der Waals surface area contributed by atoms with Gasteiger partial charge in [-0.15, -0.1) is 0 Å². The van der Waals surface area contributed by atoms with Gasteiger partial charge in [-0.25, -0.2) is 13.2 Å². The first-order valence-electron chi connectivity index (χ1n) is 8.46. The van der Waals surface area contributed by atoms with Crippen LogP contribution in [0.25, 0.3) is 0 Å². The second kappa shape index (κ2) is 7.43. The molecule has 0 saturated carbocycles. The summed E-state index contributed by atoms with van der Waals surface area (Å²) in [6.45, 7) is 3.86. The van der Waals surface area contributed by atoms with Crippen molar-refractivity contribution < 1.29 is 17.9 Å². The van der Waals surface area contributed by atoms with Crippen LogP contribution in [0.4, 0.5) is 0 Å². The number of benzene rings is 2. The first kappa shape index (κ1) is 18.4. The fourth-order valence-corrected chi connectivity index (χ4v) is 4.92. The van der Waals surface area contributed by atoms with Gasteiger partial charge in [0.05, 0.1) is 23.1 Å². The van der Waals surface area contributed by atoms with E-state index in [2.05, 4.69) is 0 Å². The first-order chi connectivity index (χ1) is 12.5. The van der Waals surface area contributed by atoms with Gasteiger partial charge in [-0.2, -0.15) is 4.31 Å². The Kier molecular flexibility index (Phi) is 5.25. The lowest BCUT2D eigenvalue weighted by molar-refractivity contribution is -0.138. The Morgan fingerprint density at radius 1 is 1.12 bits per heavy atom. The SMILES string of the molecule is CCOC(=O)C1=CCN(S(=O)(=O)c2ccccc2C)C1c1ccccc1. The summed E-state index contributed by atoms with van der Waals surface area (Å²) >= 11 is 0. The first-order valence-corrected chi connectivity index (χ1v) is 9.90. The molecule has 136 valence electrons. The molecule has 0 fully saturated rings. The van der Waals surface area contributed by atoms with E-state index < -0.39 is 22.0 Å². The molecule has 2 aromatic carbocycles. The van der Waals surface area contributed by atoms with E-state index >= 15 is 0 Å². The van der Waals surface area contributed by atoms with E-state index in [9.17, 15) is 13.2 Å². The molecule has 1 atom stereocenters. The highest BCUT2D eigenvalue weighted by Gasteiger charge is 2.41. The van der Waals surface area contributed by atoms with E-state index in [0.717, 1.165) is 5.56 Å². The van der Waals surface area contributed by atoms with Gasteiger partial charge < -0.3 is 4.74 Å². The minimum Gasteiger partial charge on any atom is -0.463 e. The molecule has 0 aliphatic carbocycles. The zero-order chi connectivity index (χ0) is 18.7. The van der Waals surface area contributed by atoms with Crippen LogP contribution in [0.5, 0.6) is 0 Å². The van der Waals surface area contributed by atoms with Crippen molar-refractivity contribution in [3.8, 4) is 0 Å². The van der Waals surface area contributed by atoms with Gasteiger partial charge in [-0.3, -0.25) is 0 Å². The van der Waals surface area contributed by atoms with Gasteiger partial charge in [0.2, 0.25) is 10.0 Å². The highest BCUT2D eigenvalue weighted by atomic mass is 32.2. The number of carbonyl (C=O) groups is 1. The van der Waals surface area contributed by atoms with Crippen LogP contribution in [-0.2, 0) is 19.6 Å². The monoisotopic (exact) mass is 371 g/mol. The van der Waals surface area contributed by atoms with Gasteiger partial charge in [-0.05, 0) is 31.0 Å². The smallest absolute Gasteiger partial charge is 0.335 e. The third kappa shape index (κ3) is 3.30. The molecule has 2 aromatic rings. The minimum absolute atomic E-state index is 0.129. The van der Waals surface area contributed by atoms with Crippen LogP contribution in [0, 0.1) is 6.92 Å². The Bertz CT molecular complexity index is 935. The second-order valence-electron chi connectivity index (χ2n) is 6.03. The van der Waals surface area contributed by atoms with Crippen molar-refractivity contribution in [2.45, 2.75) is 24.8 Å². The van der Waals surface area contributed by atoms with Gasteiger partial charge in [0.15, 0.2) is 0 Å². The van der Waals surface area contributed by atoms with Crippen molar-refractivity contribution in [3.63, 3.8) is 0 Å². The number of hydrogen-bond donors (Lipinski definition) is 0. The van der Waals surface area contributed by atoms with Crippen molar-refractivity contribution in [1.82, 2.24) is 4.31 Å². The van der Waals surface area contributed by atoms with Gasteiger partial charge in [0, 0.05) is 6.54 Å². The molecule has 6 heteroatoms. The maximum atomic E-state index is 13.3. The van der Waals surface area contributed by atoms with Crippen molar-refractivity contribution in [2.75, 3.05) is 13.2 Å². The number of sulfonamides is 1. The third-order valence-electron chi connectivity index (χ3n) is 4.38. The molecule has 1 unspecified atom stereocenters. The lowest BCUT2D eigenvalue weighted by atomic mass is 10.0. The molecular weight excluding hydrogens is 350 g/mol. The molecule has 0 saturated heterocycles. The summed E-state index contributed by atoms with van der Waals surface area (Å²) in [5.74, 6) is -0.483. The average molecular weight is 371 g/mol. The summed E-state index contributed by atoms with van der Waals surface area (Å²) < 4.78 is 33.1. The molecule has 1 aliphatic heterocycles. The summed E-state index contributed by atoms with van der Waals surface area (Å²) in [7, 11) is -3.77. The topological polar surface area (TPSA) is 63.7 Å². The Balaban J connectivity index is 2.07. The Hall–Kier alpha value is -2.44. The largest absolute Gasteiger partial charge is 0.463 e. The Morgan fingerprint density at radius 3 is 2.42 bits per heavy atom. The van der Waals surface area contributed by atoms with Crippen LogP contribution in [0.2, 0.25) is 0 Å². The Labute approximate surface area is 154 Å². The standard InChI is InChI=1S/C20H21NO4S/c1-3-25-20(22)17-13-14-21(19(17)16-10-5-4-6-11-16)26(23,24)18-12-8-7-9-15(18)2/h4-13,19H,3,14H2,1-2H3. The fourth-order valence-electron chi connectivity index (χ4n) is 3.16. The molecule has 0 amide bonds. The molecule has 0 N–H and O–H groups in total. The van der Waals surface area contributed by atoms with Crippen LogP contribution in [0.1, 0.15) is 24.1 Å². The van der Waals surface area contributed by atoms with Gasteiger partial charge >= 0.3 is 5.97 Å². The number of rotatable bonds is 5. The molecular formula is C20H21NO4S. The van der Waals surface area contributed by atoms with Crippen LogP contribution in [0.3, 0.4) is 0 Å². The maximum Gasteiger partial charge on any atom is 0.335 e. The molecule has 0 bridgehead atoms. The molecule has 1 heterocycles. The van der Waals surface area contributed by atoms with Gasteiger partial charge in [0.25, 0.3) is 0 Å². The van der Waals surface area contributed by atoms with Crippen molar-refractivity contribution >= 4 is 16.0 Å². The van der Waals surface area contributed by atoms with Gasteiger partial charge in [0.1, 0.15) is 0 Å². The lowest BCUT2D eigenvalue weighted by Crippen LogP contribution is -2.33. The molecule has 1 aliphatic rings. The normalized spacial score (nSPS) is 17.8. The average Bonchev–Trinajstić information content (AvgIpc) is 3.09. The number of esters is 1. The van der Waals surface area contributed by atoms with Crippen molar-refractivity contribution in [1.29, 1.82) is 0 Å². The van der Waals surface area contributed by atoms with Crippen molar-refractivity contribution in [3.05, 3.63) is 77.4 Å². The van der Waals surface area contributed by atoms with E-state index in [-0.39, 0.29) is 18.0 Å². The second-order valence-corrected chi connectivity index (χ2v) is 7.89. The molecule has 26 heavy (non-hydrogen) atoms. The van der Waals surface area contributed by atoms with E-state index in [1.165, 1.54) is 4.31 Å². The van der Waals surface area contributed by atoms with Crippen LogP contribution in [-0.4, -0.2) is 31.8 Å². The number of carbonyl (C=O) groups excluding carboxylic acids is 1. The van der Waals surface area contributed by atoms with Crippen LogP contribution >= 0.6 is 0 Å². The molecule has 0 spiro atoms. The Morgan fingerprint density at radius 2 is 1.77 bits per heavy atom. The third-order valence-corrected chi connectivity index (χ3v) is 6.37. The number of aryl methyl sites for hydroxylation is 1. The van der Waals surface area contributed by atoms with E-state index in [0.29, 0.717) is 11.1 Å². The maximum absolute atomic E-state index is 13.3. The molecule has 3 rings (SSSR count). The fraction of sp³-hybridized carbons (Fsp3) is 0.250. The summed E-state index contributed by atoms with van der Waals surface area (Å²) in [6.07, 6.45) is 1.64. The van der Waals surface area contributed by atoms with Gasteiger partial charge in [-0.1, -0.05) is 54.6 Å². The zero-order valence-electron chi connectivity index (χ0n) is 14.8.